The van der Waals surface area contributed by atoms with Crippen LogP contribution in [0.2, 0.25) is 0 Å². The average molecular weight is 315 g/mol. The number of amides is 1. The number of hydrogen-bond donors (Lipinski definition) is 3. The molecular formula is C15H13N3O5. The fourth-order valence-corrected chi connectivity index (χ4v) is 1.83. The normalized spacial score (nSPS) is 11.1. The Morgan fingerprint density at radius 3 is 2.65 bits per heavy atom. The van der Waals surface area contributed by atoms with E-state index in [0.29, 0.717) is 0 Å². The van der Waals surface area contributed by atoms with Crippen LogP contribution >= 0.6 is 0 Å². The van der Waals surface area contributed by atoms with Gasteiger partial charge in [-0.1, -0.05) is 6.07 Å². The van der Waals surface area contributed by atoms with Crippen molar-refractivity contribution in [1.29, 1.82) is 0 Å². The molecule has 2 rings (SSSR count). The Bertz CT molecular complexity index is 801. The lowest BCUT2D eigenvalue weighted by Crippen LogP contribution is -2.19. The van der Waals surface area contributed by atoms with E-state index in [4.69, 9.17) is 0 Å². The van der Waals surface area contributed by atoms with Crippen molar-refractivity contribution in [3.8, 4) is 11.5 Å². The maximum absolute atomic E-state index is 12.0. The van der Waals surface area contributed by atoms with Gasteiger partial charge in [0.25, 0.3) is 11.6 Å². The summed E-state index contributed by atoms with van der Waals surface area (Å²) in [5.41, 5.74) is 2.63. The Labute approximate surface area is 130 Å². The maximum atomic E-state index is 12.0. The van der Waals surface area contributed by atoms with Gasteiger partial charge in [-0.2, -0.15) is 5.10 Å². The van der Waals surface area contributed by atoms with Crippen molar-refractivity contribution in [3.05, 3.63) is 63.7 Å². The molecule has 0 atom stereocenters. The molecule has 0 aliphatic heterocycles. The number of hydrogen-bond acceptors (Lipinski definition) is 6. The van der Waals surface area contributed by atoms with Gasteiger partial charge in [-0.25, -0.2) is 5.43 Å². The predicted molar refractivity (Wildman–Crippen MR) is 82.5 cm³/mol. The summed E-state index contributed by atoms with van der Waals surface area (Å²) >= 11 is 0. The molecule has 0 aromatic heterocycles. The first-order valence-corrected chi connectivity index (χ1v) is 6.50. The van der Waals surface area contributed by atoms with Gasteiger partial charge in [0.15, 0.2) is 0 Å². The highest BCUT2D eigenvalue weighted by Gasteiger charge is 2.12. The Kier molecular flexibility index (Phi) is 4.55. The molecule has 3 N–H and O–H groups in total. The lowest BCUT2D eigenvalue weighted by molar-refractivity contribution is -0.384. The monoisotopic (exact) mass is 315 g/mol. The molecule has 23 heavy (non-hydrogen) atoms. The van der Waals surface area contributed by atoms with Crippen LogP contribution in [0.4, 0.5) is 5.69 Å². The fourth-order valence-electron chi connectivity index (χ4n) is 1.83. The van der Waals surface area contributed by atoms with E-state index in [2.05, 4.69) is 10.5 Å². The summed E-state index contributed by atoms with van der Waals surface area (Å²) in [6.07, 6.45) is 0. The summed E-state index contributed by atoms with van der Waals surface area (Å²) in [6.45, 7) is 1.53. The van der Waals surface area contributed by atoms with Crippen LogP contribution in [0.3, 0.4) is 0 Å². The molecule has 8 heteroatoms. The largest absolute Gasteiger partial charge is 0.508 e. The van der Waals surface area contributed by atoms with Crippen LogP contribution in [0.25, 0.3) is 0 Å². The molecule has 118 valence electrons. The molecule has 0 bridgehead atoms. The third-order valence-electron chi connectivity index (χ3n) is 3.01. The summed E-state index contributed by atoms with van der Waals surface area (Å²) in [6, 6.07) is 9.12. The van der Waals surface area contributed by atoms with Crippen molar-refractivity contribution >= 4 is 17.3 Å². The lowest BCUT2D eigenvalue weighted by atomic mass is 10.1. The number of rotatable bonds is 4. The van der Waals surface area contributed by atoms with Crippen molar-refractivity contribution in [2.45, 2.75) is 6.92 Å². The molecule has 8 nitrogen and oxygen atoms in total. The number of nitrogens with zero attached hydrogens (tertiary/aromatic N) is 2. The summed E-state index contributed by atoms with van der Waals surface area (Å²) < 4.78 is 0. The number of nitro groups is 1. The highest BCUT2D eigenvalue weighted by molar-refractivity contribution is 6.03. The smallest absolute Gasteiger partial charge is 0.271 e. The molecule has 0 unspecified atom stereocenters. The van der Waals surface area contributed by atoms with Crippen LogP contribution in [0, 0.1) is 10.1 Å². The number of nitrogens with one attached hydrogen (secondary N) is 1. The number of non-ortho nitro benzene ring substituents is 1. The van der Waals surface area contributed by atoms with Crippen molar-refractivity contribution in [1.82, 2.24) is 5.43 Å². The standard InChI is InChI=1S/C15H13N3O5/c1-9(13-8-12(19)5-6-14(13)20)16-17-15(21)10-3-2-4-11(7-10)18(22)23/h2-8,19-20H,1H3,(H,17,21). The molecule has 2 aromatic rings. The van der Waals surface area contributed by atoms with Crippen LogP contribution in [-0.2, 0) is 0 Å². The van der Waals surface area contributed by atoms with Crippen LogP contribution in [0.1, 0.15) is 22.8 Å². The second-order valence-corrected chi connectivity index (χ2v) is 4.65. The van der Waals surface area contributed by atoms with Crippen LogP contribution in [-0.4, -0.2) is 26.8 Å². The minimum absolute atomic E-state index is 0.0580. The zero-order chi connectivity index (χ0) is 17.0. The van der Waals surface area contributed by atoms with Gasteiger partial charge < -0.3 is 10.2 Å². The molecule has 0 heterocycles. The Balaban J connectivity index is 2.18. The number of aromatic hydroxyl groups is 2. The van der Waals surface area contributed by atoms with Gasteiger partial charge in [-0.3, -0.25) is 14.9 Å². The quantitative estimate of drug-likeness (QED) is 0.345. The van der Waals surface area contributed by atoms with Crippen molar-refractivity contribution in [2.75, 3.05) is 0 Å². The molecule has 0 saturated carbocycles. The Morgan fingerprint density at radius 1 is 1.22 bits per heavy atom. The van der Waals surface area contributed by atoms with E-state index in [1.807, 2.05) is 0 Å². The number of carbonyl (C=O) groups excluding carboxylic acids is 1. The van der Waals surface area contributed by atoms with E-state index in [1.165, 1.54) is 43.3 Å². The van der Waals surface area contributed by atoms with Crippen LogP contribution in [0.5, 0.6) is 11.5 Å². The second-order valence-electron chi connectivity index (χ2n) is 4.65. The summed E-state index contributed by atoms with van der Waals surface area (Å²) in [4.78, 5) is 22.0. The molecule has 0 radical (unpaired) electrons. The molecule has 2 aromatic carbocycles. The van der Waals surface area contributed by atoms with Crippen molar-refractivity contribution in [3.63, 3.8) is 0 Å². The summed E-state index contributed by atoms with van der Waals surface area (Å²) in [5.74, 6) is -0.793. The number of phenolic OH excluding ortho intramolecular Hbond substituents is 2. The average Bonchev–Trinajstić information content (AvgIpc) is 2.54. The number of nitro benzene ring substituents is 1. The van der Waals surface area contributed by atoms with E-state index >= 15 is 0 Å². The Hall–Kier alpha value is -3.42. The molecule has 0 aliphatic carbocycles. The first-order chi connectivity index (χ1) is 10.9. The zero-order valence-electron chi connectivity index (χ0n) is 12.1. The van der Waals surface area contributed by atoms with Crippen molar-refractivity contribution < 1.29 is 19.9 Å². The topological polar surface area (TPSA) is 125 Å². The van der Waals surface area contributed by atoms with Gasteiger partial charge >= 0.3 is 0 Å². The zero-order valence-corrected chi connectivity index (χ0v) is 12.1. The number of carbonyl (C=O) groups is 1. The third-order valence-corrected chi connectivity index (χ3v) is 3.01. The van der Waals surface area contributed by atoms with Gasteiger partial charge in [0.2, 0.25) is 0 Å². The highest BCUT2D eigenvalue weighted by Crippen LogP contribution is 2.22. The molecule has 0 spiro atoms. The molecule has 1 amide bonds. The highest BCUT2D eigenvalue weighted by atomic mass is 16.6. The van der Waals surface area contributed by atoms with Crippen LogP contribution < -0.4 is 5.43 Å². The van der Waals surface area contributed by atoms with E-state index in [-0.39, 0.29) is 34.0 Å². The fraction of sp³-hybridized carbons (Fsp3) is 0.0667. The van der Waals surface area contributed by atoms with Gasteiger partial charge in [0.05, 0.1) is 10.6 Å². The molecule has 0 saturated heterocycles. The summed E-state index contributed by atoms with van der Waals surface area (Å²) in [5, 5.41) is 33.6. The minimum Gasteiger partial charge on any atom is -0.508 e. The van der Waals surface area contributed by atoms with Crippen LogP contribution in [0.15, 0.2) is 47.6 Å². The SMILES string of the molecule is CC(=NNC(=O)c1cccc([N+](=O)[O-])c1)c1cc(O)ccc1O. The van der Waals surface area contributed by atoms with Gasteiger partial charge in [-0.15, -0.1) is 0 Å². The maximum Gasteiger partial charge on any atom is 0.271 e. The second kappa shape index (κ2) is 6.56. The van der Waals surface area contributed by atoms with E-state index in [0.717, 1.165) is 6.07 Å². The lowest BCUT2D eigenvalue weighted by Gasteiger charge is -2.05. The predicted octanol–water partition coefficient (Wildman–Crippen LogP) is 2.16. The van der Waals surface area contributed by atoms with E-state index < -0.39 is 10.8 Å². The van der Waals surface area contributed by atoms with Gasteiger partial charge in [0, 0.05) is 23.3 Å². The first-order valence-electron chi connectivity index (χ1n) is 6.50. The number of phenols is 2. The molecule has 0 fully saturated rings. The van der Waals surface area contributed by atoms with Gasteiger partial charge in [0.1, 0.15) is 11.5 Å². The van der Waals surface area contributed by atoms with E-state index in [9.17, 15) is 25.1 Å². The van der Waals surface area contributed by atoms with Gasteiger partial charge in [-0.05, 0) is 31.2 Å². The number of benzene rings is 2. The Morgan fingerprint density at radius 2 is 1.96 bits per heavy atom. The van der Waals surface area contributed by atoms with Crippen molar-refractivity contribution in [2.24, 2.45) is 5.10 Å². The molecular weight excluding hydrogens is 302 g/mol. The number of hydrazone groups is 1. The third kappa shape index (κ3) is 3.82. The minimum atomic E-state index is -0.632. The van der Waals surface area contributed by atoms with E-state index in [1.54, 1.807) is 0 Å². The summed E-state index contributed by atoms with van der Waals surface area (Å²) in [7, 11) is 0. The first kappa shape index (κ1) is 16.0. The molecule has 0 aliphatic rings.